The van der Waals surface area contributed by atoms with Gasteiger partial charge in [0.05, 0.1) is 15.6 Å². The van der Waals surface area contributed by atoms with Gasteiger partial charge in [-0.3, -0.25) is 0 Å². The lowest BCUT2D eigenvalue weighted by Crippen LogP contribution is -1.91. The fraction of sp³-hybridized carbons (Fsp3) is 0.583. The van der Waals surface area contributed by atoms with Crippen molar-refractivity contribution in [1.29, 1.82) is 0 Å². The molecule has 0 unspecified atom stereocenters. The molecule has 2 heterocycles. The van der Waals surface area contributed by atoms with Gasteiger partial charge < -0.3 is 5.32 Å². The molecular weight excluding hydrogens is 264 g/mol. The van der Waals surface area contributed by atoms with Crippen LogP contribution in [0.3, 0.4) is 0 Å². The highest BCUT2D eigenvalue weighted by Crippen LogP contribution is 2.46. The second kappa shape index (κ2) is 4.59. The summed E-state index contributed by atoms with van der Waals surface area (Å²) in [4.78, 5) is 6.03. The first-order valence-corrected chi connectivity index (χ1v) is 7.84. The smallest absolute Gasteiger partial charge is 0.205 e. The Bertz CT molecular complexity index is 554. The fourth-order valence-electron chi connectivity index (χ4n) is 1.81. The predicted octanol–water partition coefficient (Wildman–Crippen LogP) is 3.70. The monoisotopic (exact) mass is 280 g/mol. The molecule has 1 fully saturated rings. The van der Waals surface area contributed by atoms with Crippen molar-refractivity contribution < 1.29 is 0 Å². The highest BCUT2D eigenvalue weighted by atomic mass is 32.1. The molecule has 2 aromatic rings. The largest absolute Gasteiger partial charge is 0.363 e. The molecule has 1 aliphatic carbocycles. The normalized spacial score (nSPS) is 15.3. The third-order valence-electron chi connectivity index (χ3n) is 2.98. The van der Waals surface area contributed by atoms with E-state index >= 15 is 0 Å². The lowest BCUT2D eigenvalue weighted by molar-refractivity contribution is 0.823. The van der Waals surface area contributed by atoms with Crippen LogP contribution in [-0.4, -0.2) is 22.2 Å². The zero-order valence-corrected chi connectivity index (χ0v) is 12.4. The van der Waals surface area contributed by atoms with Gasteiger partial charge in [-0.05, 0) is 18.8 Å². The van der Waals surface area contributed by atoms with Crippen molar-refractivity contribution in [3.8, 4) is 9.88 Å². The van der Waals surface area contributed by atoms with Crippen LogP contribution in [0, 0.1) is 0 Å². The van der Waals surface area contributed by atoms with Crippen LogP contribution in [0.2, 0.25) is 0 Å². The van der Waals surface area contributed by atoms with Crippen molar-refractivity contribution in [3.05, 3.63) is 10.7 Å². The van der Waals surface area contributed by atoms with E-state index in [0.29, 0.717) is 11.8 Å². The van der Waals surface area contributed by atoms with E-state index in [0.717, 1.165) is 10.1 Å². The van der Waals surface area contributed by atoms with Crippen LogP contribution in [0.1, 0.15) is 49.2 Å². The maximum atomic E-state index is 4.82. The van der Waals surface area contributed by atoms with Gasteiger partial charge in [-0.2, -0.15) is 0 Å². The first-order chi connectivity index (χ1) is 8.69. The minimum atomic E-state index is 0.436. The molecule has 0 amide bonds. The molecular formula is C12H16N4S2. The molecule has 0 bridgehead atoms. The number of aromatic nitrogens is 3. The molecule has 18 heavy (non-hydrogen) atoms. The number of thiazole rings is 1. The Morgan fingerprint density at radius 2 is 2.00 bits per heavy atom. The molecule has 4 nitrogen and oxygen atoms in total. The van der Waals surface area contributed by atoms with E-state index in [4.69, 9.17) is 4.98 Å². The van der Waals surface area contributed by atoms with Crippen molar-refractivity contribution in [2.75, 3.05) is 12.4 Å². The fourth-order valence-corrected chi connectivity index (χ4v) is 3.98. The van der Waals surface area contributed by atoms with Crippen LogP contribution in [0.5, 0.6) is 0 Å². The Hall–Kier alpha value is -1.01. The van der Waals surface area contributed by atoms with Crippen LogP contribution in [0.25, 0.3) is 9.88 Å². The highest BCUT2D eigenvalue weighted by Gasteiger charge is 2.30. The van der Waals surface area contributed by atoms with Crippen LogP contribution in [0.4, 0.5) is 5.13 Å². The van der Waals surface area contributed by atoms with Crippen LogP contribution in [0.15, 0.2) is 0 Å². The average Bonchev–Trinajstić information content (AvgIpc) is 2.94. The van der Waals surface area contributed by atoms with Gasteiger partial charge in [-0.15, -0.1) is 21.5 Å². The van der Waals surface area contributed by atoms with E-state index < -0.39 is 0 Å². The van der Waals surface area contributed by atoms with Crippen molar-refractivity contribution >= 4 is 27.8 Å². The summed E-state index contributed by atoms with van der Waals surface area (Å²) >= 11 is 3.40. The lowest BCUT2D eigenvalue weighted by Gasteiger charge is -2.01. The average molecular weight is 280 g/mol. The Labute approximate surface area is 114 Å². The number of nitrogens with zero attached hydrogens (tertiary/aromatic N) is 3. The Morgan fingerprint density at radius 3 is 2.56 bits per heavy atom. The molecule has 0 atom stereocenters. The second-order valence-corrected chi connectivity index (χ2v) is 6.87. The summed E-state index contributed by atoms with van der Waals surface area (Å²) in [6, 6.07) is 0. The summed E-state index contributed by atoms with van der Waals surface area (Å²) in [7, 11) is 1.87. The van der Waals surface area contributed by atoms with E-state index in [-0.39, 0.29) is 0 Å². The van der Waals surface area contributed by atoms with E-state index in [9.17, 15) is 0 Å². The molecule has 0 saturated heterocycles. The number of nitrogens with one attached hydrogen (secondary N) is 1. The van der Waals surface area contributed by atoms with Crippen LogP contribution in [-0.2, 0) is 0 Å². The maximum Gasteiger partial charge on any atom is 0.205 e. The summed E-state index contributed by atoms with van der Waals surface area (Å²) in [6.07, 6.45) is 2.59. The SMILES string of the molecule is CNc1nnc(-c2sc(C3CC3)nc2C(C)C)s1. The highest BCUT2D eigenvalue weighted by molar-refractivity contribution is 7.23. The van der Waals surface area contributed by atoms with E-state index in [1.807, 2.05) is 7.05 Å². The van der Waals surface area contributed by atoms with Gasteiger partial charge >= 0.3 is 0 Å². The van der Waals surface area contributed by atoms with Gasteiger partial charge in [0.15, 0.2) is 5.01 Å². The topological polar surface area (TPSA) is 50.7 Å². The minimum absolute atomic E-state index is 0.436. The number of anilines is 1. The summed E-state index contributed by atoms with van der Waals surface area (Å²) in [5.74, 6) is 1.14. The van der Waals surface area contributed by atoms with Crippen molar-refractivity contribution in [2.24, 2.45) is 0 Å². The van der Waals surface area contributed by atoms with Gasteiger partial charge in [-0.1, -0.05) is 25.2 Å². The Balaban J connectivity index is 2.02. The standard InChI is InChI=1S/C12H16N4S2/c1-6(2)8-9(11-15-16-12(13-3)18-11)17-10(14-8)7-4-5-7/h6-7H,4-5H2,1-3H3,(H,13,16). The van der Waals surface area contributed by atoms with E-state index in [2.05, 4.69) is 29.4 Å². The predicted molar refractivity (Wildman–Crippen MR) is 76.6 cm³/mol. The van der Waals surface area contributed by atoms with Crippen molar-refractivity contribution in [3.63, 3.8) is 0 Å². The van der Waals surface area contributed by atoms with Gasteiger partial charge in [0.1, 0.15) is 0 Å². The molecule has 0 radical (unpaired) electrons. The quantitative estimate of drug-likeness (QED) is 0.927. The molecule has 0 aliphatic heterocycles. The molecule has 1 N–H and O–H groups in total. The minimum Gasteiger partial charge on any atom is -0.363 e. The summed E-state index contributed by atoms with van der Waals surface area (Å²) in [5, 5.41) is 14.6. The van der Waals surface area contributed by atoms with Gasteiger partial charge in [0.2, 0.25) is 5.13 Å². The molecule has 1 aliphatic rings. The van der Waals surface area contributed by atoms with Crippen LogP contribution >= 0.6 is 22.7 Å². The second-order valence-electron chi connectivity index (χ2n) is 4.86. The van der Waals surface area contributed by atoms with Gasteiger partial charge in [-0.25, -0.2) is 4.98 Å². The third kappa shape index (κ3) is 2.14. The number of rotatable bonds is 4. The van der Waals surface area contributed by atoms with E-state index in [1.54, 1.807) is 22.7 Å². The number of hydrogen-bond donors (Lipinski definition) is 1. The van der Waals surface area contributed by atoms with Crippen molar-refractivity contribution in [1.82, 2.24) is 15.2 Å². The Kier molecular flexibility index (Phi) is 3.07. The van der Waals surface area contributed by atoms with Crippen molar-refractivity contribution in [2.45, 2.75) is 38.5 Å². The maximum absolute atomic E-state index is 4.82. The molecule has 0 spiro atoms. The summed E-state index contributed by atoms with van der Waals surface area (Å²) in [6.45, 7) is 4.38. The molecule has 3 rings (SSSR count). The first kappa shape index (κ1) is 12.0. The van der Waals surface area contributed by atoms with Gasteiger partial charge in [0.25, 0.3) is 0 Å². The molecule has 6 heteroatoms. The Morgan fingerprint density at radius 1 is 1.22 bits per heavy atom. The van der Waals surface area contributed by atoms with E-state index in [1.165, 1.54) is 28.4 Å². The summed E-state index contributed by atoms with van der Waals surface area (Å²) in [5.41, 5.74) is 1.18. The zero-order valence-electron chi connectivity index (χ0n) is 10.7. The molecule has 96 valence electrons. The zero-order chi connectivity index (χ0) is 12.7. The van der Waals surface area contributed by atoms with Gasteiger partial charge in [0, 0.05) is 13.0 Å². The number of hydrogen-bond acceptors (Lipinski definition) is 6. The molecule has 2 aromatic heterocycles. The molecule has 0 aromatic carbocycles. The third-order valence-corrected chi connectivity index (χ3v) is 5.30. The molecule has 1 saturated carbocycles. The summed E-state index contributed by atoms with van der Waals surface area (Å²) < 4.78 is 0. The first-order valence-electron chi connectivity index (χ1n) is 6.21. The lowest BCUT2D eigenvalue weighted by atomic mass is 10.1. The van der Waals surface area contributed by atoms with Crippen LogP contribution < -0.4 is 5.32 Å².